The van der Waals surface area contributed by atoms with Crippen LogP contribution in [0.1, 0.15) is 13.3 Å². The second kappa shape index (κ2) is 4.79. The molecule has 4 nitrogen and oxygen atoms in total. The van der Waals surface area contributed by atoms with Gasteiger partial charge in [0.2, 0.25) is 11.8 Å². The van der Waals surface area contributed by atoms with Crippen LogP contribution in [0.4, 0.5) is 5.69 Å². The molecular weight excluding hydrogens is 236 g/mol. The van der Waals surface area contributed by atoms with Crippen LogP contribution in [0.5, 0.6) is 0 Å². The van der Waals surface area contributed by atoms with Crippen LogP contribution in [0.25, 0.3) is 0 Å². The van der Waals surface area contributed by atoms with E-state index < -0.39 is 5.91 Å². The third-order valence-electron chi connectivity index (χ3n) is 2.56. The Balaban J connectivity index is 2.42. The van der Waals surface area contributed by atoms with Gasteiger partial charge >= 0.3 is 0 Å². The number of carbonyl (C=O) groups excluding carboxylic acids is 2. The van der Waals surface area contributed by atoms with Gasteiger partial charge in [-0.3, -0.25) is 9.59 Å². The average molecular weight is 250 g/mol. The molecule has 0 aromatic heterocycles. The largest absolute Gasteiger partial charge is 0.368 e. The number of benzene rings is 1. The minimum Gasteiger partial charge on any atom is -0.368 e. The van der Waals surface area contributed by atoms with Gasteiger partial charge in [-0.25, -0.2) is 0 Å². The number of nitrogens with two attached hydrogens (primary N) is 1. The molecule has 1 atom stereocenters. The number of nitrogens with zero attached hydrogens (tertiary/aromatic N) is 1. The predicted molar refractivity (Wildman–Crippen MR) is 67.9 cm³/mol. The van der Waals surface area contributed by atoms with Crippen molar-refractivity contribution in [3.05, 3.63) is 24.3 Å². The van der Waals surface area contributed by atoms with E-state index in [4.69, 9.17) is 5.73 Å². The first-order valence-corrected chi connectivity index (χ1v) is 6.30. The van der Waals surface area contributed by atoms with Crippen molar-refractivity contribution >= 4 is 29.3 Å². The molecule has 0 aliphatic carbocycles. The van der Waals surface area contributed by atoms with Crippen LogP contribution in [0.3, 0.4) is 0 Å². The number of thioether (sulfide) groups is 1. The van der Waals surface area contributed by atoms with E-state index in [9.17, 15) is 9.59 Å². The number of carbonyl (C=O) groups is 2. The molecule has 0 bridgehead atoms. The highest BCUT2D eigenvalue weighted by Crippen LogP contribution is 2.37. The first-order chi connectivity index (χ1) is 8.08. The van der Waals surface area contributed by atoms with E-state index in [2.05, 4.69) is 0 Å². The van der Waals surface area contributed by atoms with Gasteiger partial charge in [0.25, 0.3) is 0 Å². The maximum absolute atomic E-state index is 12.0. The fourth-order valence-corrected chi connectivity index (χ4v) is 2.97. The Kier molecular flexibility index (Phi) is 3.38. The van der Waals surface area contributed by atoms with Gasteiger partial charge < -0.3 is 10.6 Å². The Morgan fingerprint density at radius 2 is 2.24 bits per heavy atom. The fraction of sp³-hybridized carbons (Fsp3) is 0.333. The molecule has 0 spiro atoms. The summed E-state index contributed by atoms with van der Waals surface area (Å²) in [5.74, 6) is -0.540. The van der Waals surface area contributed by atoms with Crippen LogP contribution >= 0.6 is 11.8 Å². The summed E-state index contributed by atoms with van der Waals surface area (Å²) in [7, 11) is 0. The molecule has 0 radical (unpaired) electrons. The van der Waals surface area contributed by atoms with E-state index >= 15 is 0 Å². The molecule has 0 saturated heterocycles. The van der Waals surface area contributed by atoms with Gasteiger partial charge in [-0.15, -0.1) is 11.8 Å². The highest BCUT2D eigenvalue weighted by Gasteiger charge is 2.26. The van der Waals surface area contributed by atoms with Crippen LogP contribution in [-0.4, -0.2) is 23.6 Å². The Labute approximate surface area is 104 Å². The Bertz CT molecular complexity index is 462. The zero-order chi connectivity index (χ0) is 12.4. The van der Waals surface area contributed by atoms with E-state index in [1.165, 1.54) is 4.90 Å². The number of para-hydroxylation sites is 1. The van der Waals surface area contributed by atoms with Gasteiger partial charge in [0.15, 0.2) is 0 Å². The molecule has 1 aromatic rings. The zero-order valence-corrected chi connectivity index (χ0v) is 10.4. The Morgan fingerprint density at radius 1 is 1.53 bits per heavy atom. The lowest BCUT2D eigenvalue weighted by Crippen LogP contribution is -2.38. The maximum atomic E-state index is 12.0. The van der Waals surface area contributed by atoms with Crippen LogP contribution < -0.4 is 10.6 Å². The van der Waals surface area contributed by atoms with Crippen LogP contribution in [-0.2, 0) is 9.59 Å². The molecule has 1 aliphatic heterocycles. The minimum absolute atomic E-state index is 0.0475. The molecule has 1 aromatic carbocycles. The highest BCUT2D eigenvalue weighted by atomic mass is 32.2. The lowest BCUT2D eigenvalue weighted by molar-refractivity contribution is -0.122. The summed E-state index contributed by atoms with van der Waals surface area (Å²) in [5, 5.41) is 0.210. The smallest absolute Gasteiger partial charge is 0.237 e. The quantitative estimate of drug-likeness (QED) is 0.862. The topological polar surface area (TPSA) is 63.4 Å². The third kappa shape index (κ3) is 2.61. The van der Waals surface area contributed by atoms with Crippen molar-refractivity contribution in [2.75, 3.05) is 11.4 Å². The minimum atomic E-state index is -0.493. The van der Waals surface area contributed by atoms with E-state index in [0.717, 1.165) is 10.6 Å². The lowest BCUT2D eigenvalue weighted by atomic mass is 10.2. The first-order valence-electron chi connectivity index (χ1n) is 5.42. The molecule has 90 valence electrons. The van der Waals surface area contributed by atoms with Crippen molar-refractivity contribution < 1.29 is 9.59 Å². The van der Waals surface area contributed by atoms with Gasteiger partial charge in [0.05, 0.1) is 5.69 Å². The van der Waals surface area contributed by atoms with Gasteiger partial charge in [-0.05, 0) is 12.1 Å². The molecule has 17 heavy (non-hydrogen) atoms. The van der Waals surface area contributed by atoms with Crippen molar-refractivity contribution in [3.8, 4) is 0 Å². The molecule has 2 N–H and O–H groups in total. The molecule has 1 aliphatic rings. The third-order valence-corrected chi connectivity index (χ3v) is 3.73. The van der Waals surface area contributed by atoms with E-state index in [-0.39, 0.29) is 17.7 Å². The van der Waals surface area contributed by atoms with Gasteiger partial charge in [-0.2, -0.15) is 0 Å². The average Bonchev–Trinajstić information content (AvgIpc) is 2.36. The number of hydrogen-bond donors (Lipinski definition) is 1. The van der Waals surface area contributed by atoms with Crippen molar-refractivity contribution in [1.82, 2.24) is 0 Å². The van der Waals surface area contributed by atoms with Gasteiger partial charge in [0.1, 0.15) is 6.54 Å². The summed E-state index contributed by atoms with van der Waals surface area (Å²) in [5.41, 5.74) is 5.97. The Hall–Kier alpha value is -1.49. The molecule has 2 amide bonds. The SMILES string of the molecule is CC1CC(=O)N(CC(N)=O)c2ccccc2S1. The lowest BCUT2D eigenvalue weighted by Gasteiger charge is -2.20. The van der Waals surface area contributed by atoms with Crippen LogP contribution in [0.2, 0.25) is 0 Å². The fourth-order valence-electron chi connectivity index (χ4n) is 1.86. The normalized spacial score (nSPS) is 19.7. The summed E-state index contributed by atoms with van der Waals surface area (Å²) in [6.07, 6.45) is 0.423. The number of amides is 2. The summed E-state index contributed by atoms with van der Waals surface area (Å²) < 4.78 is 0. The van der Waals surface area contributed by atoms with Crippen molar-refractivity contribution in [1.29, 1.82) is 0 Å². The number of primary amides is 1. The molecule has 5 heteroatoms. The maximum Gasteiger partial charge on any atom is 0.237 e. The van der Waals surface area contributed by atoms with E-state index in [0.29, 0.717) is 6.42 Å². The molecule has 1 unspecified atom stereocenters. The van der Waals surface area contributed by atoms with Gasteiger partial charge in [-0.1, -0.05) is 19.1 Å². The van der Waals surface area contributed by atoms with Crippen LogP contribution in [0, 0.1) is 0 Å². The second-order valence-corrected chi connectivity index (χ2v) is 5.53. The first kappa shape index (κ1) is 12.0. The van der Waals surface area contributed by atoms with E-state index in [1.807, 2.05) is 31.2 Å². The number of fused-ring (bicyclic) bond motifs is 1. The Morgan fingerprint density at radius 3 is 2.94 bits per heavy atom. The standard InChI is InChI=1S/C12H14N2O2S/c1-8-6-12(16)14(7-11(13)15)9-4-2-3-5-10(9)17-8/h2-5,8H,6-7H2,1H3,(H2,13,15). The molecular formula is C12H14N2O2S. The zero-order valence-electron chi connectivity index (χ0n) is 9.55. The summed E-state index contributed by atoms with van der Waals surface area (Å²) >= 11 is 1.65. The van der Waals surface area contributed by atoms with E-state index in [1.54, 1.807) is 11.8 Å². The summed E-state index contributed by atoms with van der Waals surface area (Å²) in [6, 6.07) is 7.59. The number of anilines is 1. The number of rotatable bonds is 2. The monoisotopic (exact) mass is 250 g/mol. The molecule has 0 fully saturated rings. The second-order valence-electron chi connectivity index (χ2n) is 4.05. The van der Waals surface area contributed by atoms with Gasteiger partial charge in [0, 0.05) is 16.6 Å². The van der Waals surface area contributed by atoms with Crippen molar-refractivity contribution in [3.63, 3.8) is 0 Å². The molecule has 0 saturated carbocycles. The van der Waals surface area contributed by atoms with Crippen LogP contribution in [0.15, 0.2) is 29.2 Å². The van der Waals surface area contributed by atoms with Crippen molar-refractivity contribution in [2.45, 2.75) is 23.5 Å². The molecule has 1 heterocycles. The summed E-state index contributed by atoms with van der Waals surface area (Å²) in [6.45, 7) is 1.95. The number of hydrogen-bond acceptors (Lipinski definition) is 3. The predicted octanol–water partition coefficient (Wildman–Crippen LogP) is 1.39. The summed E-state index contributed by atoms with van der Waals surface area (Å²) in [4.78, 5) is 25.6. The molecule has 2 rings (SSSR count). The van der Waals surface area contributed by atoms with Crippen molar-refractivity contribution in [2.24, 2.45) is 5.73 Å². The highest BCUT2D eigenvalue weighted by molar-refractivity contribution is 8.00.